The summed E-state index contributed by atoms with van der Waals surface area (Å²) in [5.74, 6) is 1.43. The fourth-order valence-corrected chi connectivity index (χ4v) is 4.45. The molecule has 0 spiro atoms. The maximum absolute atomic E-state index is 12.7. The summed E-state index contributed by atoms with van der Waals surface area (Å²) in [4.78, 5) is 16.0. The fourth-order valence-electron chi connectivity index (χ4n) is 4.19. The van der Waals surface area contributed by atoms with Crippen LogP contribution in [0.2, 0.25) is 5.02 Å². The number of ether oxygens (including phenoxy) is 2. The van der Waals surface area contributed by atoms with Crippen molar-refractivity contribution in [2.75, 3.05) is 13.3 Å². The Kier molecular flexibility index (Phi) is 5.73. The van der Waals surface area contributed by atoms with Crippen LogP contribution in [0.3, 0.4) is 0 Å². The molecule has 0 fully saturated rings. The molecule has 0 aliphatic carbocycles. The molecule has 3 aromatic carbocycles. The molecule has 2 N–H and O–H groups in total. The van der Waals surface area contributed by atoms with Crippen molar-refractivity contribution in [2.45, 2.75) is 18.8 Å². The summed E-state index contributed by atoms with van der Waals surface area (Å²) in [7, 11) is 0. The van der Waals surface area contributed by atoms with Gasteiger partial charge in [0.1, 0.15) is 0 Å². The lowest BCUT2D eigenvalue weighted by atomic mass is 9.90. The second-order valence-electron chi connectivity index (χ2n) is 7.86. The van der Waals surface area contributed by atoms with Crippen LogP contribution in [-0.4, -0.2) is 24.2 Å². The number of hydrogen-bond donors (Lipinski definition) is 2. The Morgan fingerprint density at radius 2 is 1.81 bits per heavy atom. The predicted octanol–water partition coefficient (Wildman–Crippen LogP) is 5.43. The van der Waals surface area contributed by atoms with E-state index in [1.165, 1.54) is 0 Å². The van der Waals surface area contributed by atoms with Crippen molar-refractivity contribution in [3.63, 3.8) is 0 Å². The lowest BCUT2D eigenvalue weighted by Gasteiger charge is -2.19. The van der Waals surface area contributed by atoms with Crippen LogP contribution in [0.1, 0.15) is 29.0 Å². The van der Waals surface area contributed by atoms with E-state index in [1.54, 1.807) is 0 Å². The number of aromatic nitrogens is 1. The van der Waals surface area contributed by atoms with E-state index in [1.807, 2.05) is 66.9 Å². The van der Waals surface area contributed by atoms with E-state index in [2.05, 4.69) is 16.4 Å². The van der Waals surface area contributed by atoms with E-state index >= 15 is 0 Å². The first-order chi connectivity index (χ1) is 15.7. The molecule has 1 aromatic heterocycles. The van der Waals surface area contributed by atoms with Crippen molar-refractivity contribution in [2.24, 2.45) is 0 Å². The van der Waals surface area contributed by atoms with Crippen LogP contribution in [0.5, 0.6) is 11.5 Å². The molecule has 5 nitrogen and oxygen atoms in total. The van der Waals surface area contributed by atoms with Crippen LogP contribution in [0.4, 0.5) is 0 Å². The van der Waals surface area contributed by atoms with Gasteiger partial charge in [0.15, 0.2) is 11.5 Å². The van der Waals surface area contributed by atoms with Crippen molar-refractivity contribution in [3.8, 4) is 11.5 Å². The first-order valence-electron chi connectivity index (χ1n) is 10.6. The van der Waals surface area contributed by atoms with Crippen LogP contribution in [0, 0.1) is 0 Å². The zero-order chi connectivity index (χ0) is 21.9. The number of carbonyl (C=O) groups excluding carboxylic acids is 1. The van der Waals surface area contributed by atoms with E-state index in [0.717, 1.165) is 39.1 Å². The van der Waals surface area contributed by atoms with Gasteiger partial charge in [0.2, 0.25) is 12.7 Å². The van der Waals surface area contributed by atoms with Gasteiger partial charge in [-0.3, -0.25) is 4.79 Å². The third-order valence-electron chi connectivity index (χ3n) is 5.86. The first-order valence-corrected chi connectivity index (χ1v) is 11.0. The van der Waals surface area contributed by atoms with Crippen molar-refractivity contribution in [1.82, 2.24) is 10.3 Å². The van der Waals surface area contributed by atoms with E-state index in [4.69, 9.17) is 21.1 Å². The van der Waals surface area contributed by atoms with Crippen LogP contribution in [0.15, 0.2) is 72.9 Å². The number of H-pyrrole nitrogens is 1. The summed E-state index contributed by atoms with van der Waals surface area (Å²) >= 11 is 6.55. The first kappa shape index (κ1) is 20.5. The van der Waals surface area contributed by atoms with Gasteiger partial charge in [-0.05, 0) is 47.4 Å². The summed E-state index contributed by atoms with van der Waals surface area (Å²) in [5, 5.41) is 4.94. The third-order valence-corrected chi connectivity index (χ3v) is 6.20. The maximum Gasteiger partial charge on any atom is 0.231 e. The van der Waals surface area contributed by atoms with Crippen LogP contribution in [0.25, 0.3) is 10.9 Å². The number of benzene rings is 3. The minimum Gasteiger partial charge on any atom is -0.454 e. The molecule has 32 heavy (non-hydrogen) atoms. The second-order valence-corrected chi connectivity index (χ2v) is 8.26. The Labute approximate surface area is 191 Å². The molecular weight excluding hydrogens is 424 g/mol. The number of aryl methyl sites for hydroxylation is 1. The molecule has 6 heteroatoms. The quantitative estimate of drug-likeness (QED) is 0.398. The monoisotopic (exact) mass is 446 g/mol. The minimum absolute atomic E-state index is 0.000406. The molecule has 162 valence electrons. The third kappa shape index (κ3) is 4.16. The Morgan fingerprint density at radius 3 is 2.72 bits per heavy atom. The van der Waals surface area contributed by atoms with Gasteiger partial charge in [0.25, 0.3) is 0 Å². The highest BCUT2D eigenvalue weighted by molar-refractivity contribution is 6.31. The predicted molar refractivity (Wildman–Crippen MR) is 125 cm³/mol. The van der Waals surface area contributed by atoms with Crippen molar-refractivity contribution in [1.29, 1.82) is 0 Å². The zero-order valence-electron chi connectivity index (χ0n) is 17.4. The number of para-hydroxylation sites is 1. The SMILES string of the molecule is O=C(CCc1ccc2c(c1)OCO2)NC[C@H](c1ccccc1Cl)c1c[nH]c2ccccc12. The lowest BCUT2D eigenvalue weighted by molar-refractivity contribution is -0.121. The molecule has 1 amide bonds. The summed E-state index contributed by atoms with van der Waals surface area (Å²) in [6, 6.07) is 21.8. The number of fused-ring (bicyclic) bond motifs is 2. The highest BCUT2D eigenvalue weighted by Gasteiger charge is 2.21. The van der Waals surface area contributed by atoms with Gasteiger partial charge < -0.3 is 19.8 Å². The van der Waals surface area contributed by atoms with Gasteiger partial charge in [0.05, 0.1) is 0 Å². The normalized spacial score (nSPS) is 13.3. The second kappa shape index (κ2) is 8.97. The molecule has 1 atom stereocenters. The van der Waals surface area contributed by atoms with E-state index < -0.39 is 0 Å². The van der Waals surface area contributed by atoms with E-state index in [-0.39, 0.29) is 18.6 Å². The Hall–Kier alpha value is -3.44. The Morgan fingerprint density at radius 1 is 1.00 bits per heavy atom. The summed E-state index contributed by atoms with van der Waals surface area (Å²) in [6.07, 6.45) is 3.03. The summed E-state index contributed by atoms with van der Waals surface area (Å²) in [5.41, 5.74) is 4.22. The van der Waals surface area contributed by atoms with Crippen LogP contribution in [-0.2, 0) is 11.2 Å². The number of rotatable bonds is 7. The molecule has 2 heterocycles. The molecule has 0 bridgehead atoms. The van der Waals surface area contributed by atoms with Gasteiger partial charge in [-0.25, -0.2) is 0 Å². The summed E-state index contributed by atoms with van der Waals surface area (Å²) in [6.45, 7) is 0.710. The van der Waals surface area contributed by atoms with Crippen molar-refractivity contribution in [3.05, 3.63) is 94.6 Å². The molecule has 1 aliphatic rings. The average Bonchev–Trinajstić information content (AvgIpc) is 3.46. The number of halogens is 1. The van der Waals surface area contributed by atoms with Gasteiger partial charge in [-0.15, -0.1) is 0 Å². The molecule has 5 rings (SSSR count). The molecule has 0 radical (unpaired) electrons. The Balaban J connectivity index is 1.31. The molecular formula is C26H23ClN2O3. The lowest BCUT2D eigenvalue weighted by Crippen LogP contribution is -2.29. The Bertz CT molecular complexity index is 1270. The molecule has 1 aliphatic heterocycles. The summed E-state index contributed by atoms with van der Waals surface area (Å²) < 4.78 is 10.8. The zero-order valence-corrected chi connectivity index (χ0v) is 18.2. The number of nitrogens with one attached hydrogen (secondary N) is 2. The highest BCUT2D eigenvalue weighted by atomic mass is 35.5. The van der Waals surface area contributed by atoms with Gasteiger partial charge >= 0.3 is 0 Å². The number of aromatic amines is 1. The number of amides is 1. The minimum atomic E-state index is -0.0608. The highest BCUT2D eigenvalue weighted by Crippen LogP contribution is 2.34. The standard InChI is InChI=1S/C26H23ClN2O3/c27-22-7-3-1-5-18(22)20(21-14-28-23-8-4-2-6-19(21)23)15-29-26(30)12-10-17-9-11-24-25(13-17)32-16-31-24/h1-9,11,13-14,20,28H,10,12,15-16H2,(H,29,30)/t20-/m1/s1. The van der Waals surface area contributed by atoms with Crippen molar-refractivity contribution < 1.29 is 14.3 Å². The maximum atomic E-state index is 12.7. The molecule has 0 saturated heterocycles. The largest absolute Gasteiger partial charge is 0.454 e. The fraction of sp³-hybridized carbons (Fsp3) is 0.192. The molecule has 4 aromatic rings. The number of hydrogen-bond acceptors (Lipinski definition) is 3. The van der Waals surface area contributed by atoms with Gasteiger partial charge in [-0.1, -0.05) is 54.1 Å². The smallest absolute Gasteiger partial charge is 0.231 e. The number of carbonyl (C=O) groups is 1. The average molecular weight is 447 g/mol. The van der Waals surface area contributed by atoms with E-state index in [9.17, 15) is 4.79 Å². The van der Waals surface area contributed by atoms with Crippen LogP contribution >= 0.6 is 11.6 Å². The molecule has 0 saturated carbocycles. The van der Waals surface area contributed by atoms with Gasteiger partial charge in [-0.2, -0.15) is 0 Å². The van der Waals surface area contributed by atoms with E-state index in [0.29, 0.717) is 24.4 Å². The molecule has 0 unspecified atom stereocenters. The van der Waals surface area contributed by atoms with Crippen molar-refractivity contribution >= 4 is 28.4 Å². The topological polar surface area (TPSA) is 63.4 Å². The van der Waals surface area contributed by atoms with Crippen LogP contribution < -0.4 is 14.8 Å². The van der Waals surface area contributed by atoms with Gasteiger partial charge in [0, 0.05) is 41.0 Å².